The van der Waals surface area contributed by atoms with E-state index in [1.54, 1.807) is 0 Å². The van der Waals surface area contributed by atoms with E-state index in [0.29, 0.717) is 18.2 Å². The Hall–Kier alpha value is -1.31. The molecule has 1 saturated carbocycles. The zero-order valence-electron chi connectivity index (χ0n) is 11.6. The largest absolute Gasteiger partial charge is 0.342 e. The third-order valence-electron chi connectivity index (χ3n) is 4.69. The summed E-state index contributed by atoms with van der Waals surface area (Å²) in [6.45, 7) is 1.93. The molecule has 1 aliphatic carbocycles. The molecular weight excluding hydrogens is 234 g/mol. The number of hydrogen-bond acceptors (Lipinski definition) is 1. The maximum Gasteiger partial charge on any atom is 0.223 e. The summed E-state index contributed by atoms with van der Waals surface area (Å²) in [6, 6.07) is 10.5. The van der Waals surface area contributed by atoms with E-state index in [4.69, 9.17) is 0 Å². The highest BCUT2D eigenvalue weighted by Crippen LogP contribution is 2.31. The van der Waals surface area contributed by atoms with E-state index < -0.39 is 0 Å². The lowest BCUT2D eigenvalue weighted by molar-refractivity contribution is -0.128. The standard InChI is InChI=1S/C17H23NO/c19-17-11-16(15-9-5-2-6-10-15)13-18(17)12-14-7-3-1-4-8-14/h2,5-6,9-10,14,16H,1,3-4,7-8,11-13H2. The van der Waals surface area contributed by atoms with Crippen molar-refractivity contribution in [3.8, 4) is 0 Å². The minimum atomic E-state index is 0.361. The van der Waals surface area contributed by atoms with Gasteiger partial charge >= 0.3 is 0 Å². The molecule has 2 nitrogen and oxygen atoms in total. The number of hydrogen-bond donors (Lipinski definition) is 0. The van der Waals surface area contributed by atoms with Gasteiger partial charge in [-0.2, -0.15) is 0 Å². The fraction of sp³-hybridized carbons (Fsp3) is 0.588. The summed E-state index contributed by atoms with van der Waals surface area (Å²) in [7, 11) is 0. The first-order valence-corrected chi connectivity index (χ1v) is 7.65. The van der Waals surface area contributed by atoms with Crippen LogP contribution in [0.15, 0.2) is 30.3 Å². The Morgan fingerprint density at radius 3 is 2.53 bits per heavy atom. The van der Waals surface area contributed by atoms with Crippen LogP contribution in [0.25, 0.3) is 0 Å². The van der Waals surface area contributed by atoms with Crippen molar-refractivity contribution in [2.24, 2.45) is 5.92 Å². The van der Waals surface area contributed by atoms with Crippen molar-refractivity contribution in [1.82, 2.24) is 4.90 Å². The van der Waals surface area contributed by atoms with E-state index in [0.717, 1.165) is 19.0 Å². The van der Waals surface area contributed by atoms with Crippen molar-refractivity contribution in [2.75, 3.05) is 13.1 Å². The van der Waals surface area contributed by atoms with Gasteiger partial charge in [0, 0.05) is 25.4 Å². The molecule has 1 aliphatic heterocycles. The molecule has 0 spiro atoms. The Morgan fingerprint density at radius 2 is 1.79 bits per heavy atom. The van der Waals surface area contributed by atoms with Crippen LogP contribution in [0.3, 0.4) is 0 Å². The zero-order valence-corrected chi connectivity index (χ0v) is 11.6. The minimum Gasteiger partial charge on any atom is -0.342 e. The Labute approximate surface area is 115 Å². The summed E-state index contributed by atoms with van der Waals surface area (Å²) in [5.41, 5.74) is 1.32. The number of benzene rings is 1. The van der Waals surface area contributed by atoms with Crippen LogP contribution in [0.1, 0.15) is 50.0 Å². The van der Waals surface area contributed by atoms with Gasteiger partial charge in [0.15, 0.2) is 0 Å². The van der Waals surface area contributed by atoms with Crippen molar-refractivity contribution in [3.63, 3.8) is 0 Å². The van der Waals surface area contributed by atoms with Gasteiger partial charge in [0.25, 0.3) is 0 Å². The second-order valence-electron chi connectivity index (χ2n) is 6.11. The van der Waals surface area contributed by atoms with Crippen molar-refractivity contribution < 1.29 is 4.79 Å². The molecule has 0 aromatic heterocycles. The summed E-state index contributed by atoms with van der Waals surface area (Å²) in [5.74, 6) is 1.53. The van der Waals surface area contributed by atoms with Crippen LogP contribution in [0.5, 0.6) is 0 Å². The molecule has 2 aliphatic rings. The Kier molecular flexibility index (Phi) is 3.86. The maximum absolute atomic E-state index is 12.2. The maximum atomic E-state index is 12.2. The van der Waals surface area contributed by atoms with E-state index >= 15 is 0 Å². The number of rotatable bonds is 3. The molecule has 2 heteroatoms. The van der Waals surface area contributed by atoms with Crippen LogP contribution >= 0.6 is 0 Å². The molecule has 1 aromatic carbocycles. The Bertz CT molecular complexity index is 422. The van der Waals surface area contributed by atoms with Crippen LogP contribution in [-0.4, -0.2) is 23.9 Å². The highest BCUT2D eigenvalue weighted by Gasteiger charge is 2.31. The Balaban J connectivity index is 1.60. The zero-order chi connectivity index (χ0) is 13.1. The summed E-state index contributed by atoms with van der Waals surface area (Å²) >= 11 is 0. The van der Waals surface area contributed by atoms with Gasteiger partial charge in [-0.1, -0.05) is 49.6 Å². The lowest BCUT2D eigenvalue weighted by Crippen LogP contribution is -2.31. The molecule has 1 heterocycles. The molecular formula is C17H23NO. The Morgan fingerprint density at radius 1 is 1.05 bits per heavy atom. The average molecular weight is 257 g/mol. The second-order valence-corrected chi connectivity index (χ2v) is 6.11. The number of carbonyl (C=O) groups is 1. The van der Waals surface area contributed by atoms with Gasteiger partial charge in [0.05, 0.1) is 0 Å². The van der Waals surface area contributed by atoms with Crippen molar-refractivity contribution in [2.45, 2.75) is 44.4 Å². The molecule has 1 aromatic rings. The third-order valence-corrected chi connectivity index (χ3v) is 4.69. The first-order chi connectivity index (χ1) is 9.33. The number of amides is 1. The predicted octanol–water partition coefficient (Wildman–Crippen LogP) is 3.58. The minimum absolute atomic E-state index is 0.361. The van der Waals surface area contributed by atoms with Crippen LogP contribution < -0.4 is 0 Å². The van der Waals surface area contributed by atoms with Gasteiger partial charge in [0.2, 0.25) is 5.91 Å². The van der Waals surface area contributed by atoms with Gasteiger partial charge in [-0.3, -0.25) is 4.79 Å². The number of likely N-dealkylation sites (tertiary alicyclic amines) is 1. The molecule has 1 amide bonds. The van der Waals surface area contributed by atoms with Crippen LogP contribution in [-0.2, 0) is 4.79 Å². The van der Waals surface area contributed by atoms with E-state index in [1.165, 1.54) is 37.7 Å². The lowest BCUT2D eigenvalue weighted by Gasteiger charge is -2.27. The molecule has 1 atom stereocenters. The molecule has 1 saturated heterocycles. The van der Waals surface area contributed by atoms with Crippen molar-refractivity contribution >= 4 is 5.91 Å². The molecule has 0 bridgehead atoms. The van der Waals surface area contributed by atoms with Gasteiger partial charge in [0.1, 0.15) is 0 Å². The van der Waals surface area contributed by atoms with E-state index in [9.17, 15) is 4.79 Å². The summed E-state index contributed by atoms with van der Waals surface area (Å²) in [5, 5.41) is 0. The molecule has 0 N–H and O–H groups in total. The van der Waals surface area contributed by atoms with Gasteiger partial charge in [-0.25, -0.2) is 0 Å². The lowest BCUT2D eigenvalue weighted by atomic mass is 9.89. The monoisotopic (exact) mass is 257 g/mol. The second kappa shape index (κ2) is 5.77. The number of carbonyl (C=O) groups excluding carboxylic acids is 1. The topological polar surface area (TPSA) is 20.3 Å². The molecule has 102 valence electrons. The highest BCUT2D eigenvalue weighted by atomic mass is 16.2. The van der Waals surface area contributed by atoms with Crippen LogP contribution in [0.4, 0.5) is 0 Å². The molecule has 19 heavy (non-hydrogen) atoms. The quantitative estimate of drug-likeness (QED) is 0.810. The van der Waals surface area contributed by atoms with Crippen molar-refractivity contribution in [1.29, 1.82) is 0 Å². The molecule has 3 rings (SSSR count). The smallest absolute Gasteiger partial charge is 0.223 e. The molecule has 1 unspecified atom stereocenters. The molecule has 0 radical (unpaired) electrons. The fourth-order valence-electron chi connectivity index (χ4n) is 3.58. The fourth-order valence-corrected chi connectivity index (χ4v) is 3.58. The summed E-state index contributed by atoms with van der Waals surface area (Å²) in [6.07, 6.45) is 7.44. The third kappa shape index (κ3) is 2.99. The molecule has 2 fully saturated rings. The van der Waals surface area contributed by atoms with Gasteiger partial charge < -0.3 is 4.90 Å². The normalized spacial score (nSPS) is 24.9. The summed E-state index contributed by atoms with van der Waals surface area (Å²) in [4.78, 5) is 14.3. The SMILES string of the molecule is O=C1CC(c2ccccc2)CN1CC1CCCCC1. The predicted molar refractivity (Wildman–Crippen MR) is 77.0 cm³/mol. The highest BCUT2D eigenvalue weighted by molar-refractivity contribution is 5.79. The first kappa shape index (κ1) is 12.7. The van der Waals surface area contributed by atoms with Crippen LogP contribution in [0, 0.1) is 5.92 Å². The van der Waals surface area contributed by atoms with E-state index in [-0.39, 0.29) is 0 Å². The van der Waals surface area contributed by atoms with Gasteiger partial charge in [-0.05, 0) is 24.3 Å². The first-order valence-electron chi connectivity index (χ1n) is 7.65. The van der Waals surface area contributed by atoms with Crippen molar-refractivity contribution in [3.05, 3.63) is 35.9 Å². The summed E-state index contributed by atoms with van der Waals surface area (Å²) < 4.78 is 0. The van der Waals surface area contributed by atoms with Crippen LogP contribution in [0.2, 0.25) is 0 Å². The number of nitrogens with zero attached hydrogens (tertiary/aromatic N) is 1. The van der Waals surface area contributed by atoms with E-state index in [2.05, 4.69) is 29.2 Å². The average Bonchev–Trinajstić information content (AvgIpc) is 2.82. The van der Waals surface area contributed by atoms with Gasteiger partial charge in [-0.15, -0.1) is 0 Å². The van der Waals surface area contributed by atoms with E-state index in [1.807, 2.05) is 6.07 Å².